The molecule has 0 saturated heterocycles. The Morgan fingerprint density at radius 2 is 1.79 bits per heavy atom. The van der Waals surface area contributed by atoms with Gasteiger partial charge in [0.1, 0.15) is 0 Å². The lowest BCUT2D eigenvalue weighted by atomic mass is 10.1. The highest BCUT2D eigenvalue weighted by atomic mass is 79.9. The van der Waals surface area contributed by atoms with Crippen LogP contribution in [0.25, 0.3) is 0 Å². The summed E-state index contributed by atoms with van der Waals surface area (Å²) in [6.07, 6.45) is 0. The summed E-state index contributed by atoms with van der Waals surface area (Å²) in [7, 11) is 0. The third kappa shape index (κ3) is 4.32. The molecule has 1 N–H and O–H groups in total. The average molecular weight is 404 g/mol. The van der Waals surface area contributed by atoms with E-state index in [4.69, 9.17) is 11.6 Å². The van der Waals surface area contributed by atoms with Gasteiger partial charge in [0.15, 0.2) is 0 Å². The maximum absolute atomic E-state index is 5.87. The van der Waals surface area contributed by atoms with Crippen LogP contribution in [0.15, 0.2) is 51.4 Å². The van der Waals surface area contributed by atoms with Crippen LogP contribution >= 0.6 is 43.5 Å². The van der Waals surface area contributed by atoms with Gasteiger partial charge in [0.2, 0.25) is 0 Å². The van der Waals surface area contributed by atoms with Gasteiger partial charge >= 0.3 is 0 Å². The van der Waals surface area contributed by atoms with E-state index in [0.29, 0.717) is 0 Å². The van der Waals surface area contributed by atoms with E-state index in [-0.39, 0.29) is 6.04 Å². The molecule has 2 rings (SSSR count). The average Bonchev–Trinajstić information content (AvgIpc) is 2.37. The fourth-order valence-corrected chi connectivity index (χ4v) is 3.35. The third-order valence-corrected chi connectivity index (χ3v) is 4.39. The van der Waals surface area contributed by atoms with Gasteiger partial charge in [-0.3, -0.25) is 0 Å². The van der Waals surface area contributed by atoms with Gasteiger partial charge in [-0.2, -0.15) is 0 Å². The van der Waals surface area contributed by atoms with Crippen LogP contribution in [0.5, 0.6) is 0 Å². The van der Waals surface area contributed by atoms with Gasteiger partial charge < -0.3 is 5.32 Å². The van der Waals surface area contributed by atoms with Crippen LogP contribution in [-0.4, -0.2) is 0 Å². The molecule has 2 aromatic carbocycles. The molecule has 0 saturated carbocycles. The molecule has 0 aliphatic rings. The maximum Gasteiger partial charge on any atom is 0.0406 e. The van der Waals surface area contributed by atoms with Gasteiger partial charge in [0.05, 0.1) is 0 Å². The second-order valence-corrected chi connectivity index (χ2v) is 6.60. The van der Waals surface area contributed by atoms with Gasteiger partial charge in [-0.05, 0) is 42.3 Å². The molecule has 0 fully saturated rings. The van der Waals surface area contributed by atoms with Gasteiger partial charge in [-0.15, -0.1) is 0 Å². The molecule has 1 nitrogen and oxygen atoms in total. The first-order valence-electron chi connectivity index (χ1n) is 5.99. The molecule has 0 bridgehead atoms. The van der Waals surface area contributed by atoms with E-state index in [1.165, 1.54) is 11.1 Å². The number of hydrogen-bond donors (Lipinski definition) is 1. The molecule has 0 aliphatic heterocycles. The highest BCUT2D eigenvalue weighted by molar-refractivity contribution is 9.11. The SMILES string of the molecule is CC(NCc1ccc(Cl)cc1)c1ccc(Br)cc1Br. The molecule has 19 heavy (non-hydrogen) atoms. The summed E-state index contributed by atoms with van der Waals surface area (Å²) < 4.78 is 2.19. The van der Waals surface area contributed by atoms with Crippen molar-refractivity contribution in [3.63, 3.8) is 0 Å². The summed E-state index contributed by atoms with van der Waals surface area (Å²) in [6, 6.07) is 14.4. The van der Waals surface area contributed by atoms with E-state index < -0.39 is 0 Å². The number of hydrogen-bond acceptors (Lipinski definition) is 1. The Labute approximate surface area is 135 Å². The van der Waals surface area contributed by atoms with Gasteiger partial charge in [-0.25, -0.2) is 0 Å². The fraction of sp³-hybridized carbons (Fsp3) is 0.200. The molecular weight excluding hydrogens is 389 g/mol. The predicted octanol–water partition coefficient (Wildman–Crippen LogP) is 5.72. The molecule has 0 spiro atoms. The lowest BCUT2D eigenvalue weighted by Crippen LogP contribution is -2.18. The highest BCUT2D eigenvalue weighted by Crippen LogP contribution is 2.27. The highest BCUT2D eigenvalue weighted by Gasteiger charge is 2.09. The molecule has 1 unspecified atom stereocenters. The summed E-state index contributed by atoms with van der Waals surface area (Å²) in [4.78, 5) is 0. The Kier molecular flexibility index (Phi) is 5.46. The normalized spacial score (nSPS) is 12.4. The minimum Gasteiger partial charge on any atom is -0.306 e. The predicted molar refractivity (Wildman–Crippen MR) is 88.5 cm³/mol. The Bertz CT molecular complexity index is 555. The summed E-state index contributed by atoms with van der Waals surface area (Å²) >= 11 is 12.9. The van der Waals surface area contributed by atoms with E-state index in [2.05, 4.69) is 62.3 Å². The van der Waals surface area contributed by atoms with Crippen LogP contribution < -0.4 is 5.32 Å². The first kappa shape index (κ1) is 15.0. The molecular formula is C15H14Br2ClN. The topological polar surface area (TPSA) is 12.0 Å². The van der Waals surface area contributed by atoms with Crippen molar-refractivity contribution in [1.29, 1.82) is 0 Å². The summed E-state index contributed by atoms with van der Waals surface area (Å²) in [6.45, 7) is 2.98. The van der Waals surface area contributed by atoms with Crippen molar-refractivity contribution < 1.29 is 0 Å². The zero-order valence-corrected chi connectivity index (χ0v) is 14.4. The zero-order valence-electron chi connectivity index (χ0n) is 10.5. The first-order chi connectivity index (χ1) is 9.06. The number of rotatable bonds is 4. The lowest BCUT2D eigenvalue weighted by Gasteiger charge is -2.16. The second kappa shape index (κ2) is 6.89. The summed E-state index contributed by atoms with van der Waals surface area (Å²) in [5.74, 6) is 0. The van der Waals surface area contributed by atoms with E-state index in [0.717, 1.165) is 20.5 Å². The monoisotopic (exact) mass is 401 g/mol. The van der Waals surface area contributed by atoms with Crippen molar-refractivity contribution in [2.75, 3.05) is 0 Å². The van der Waals surface area contributed by atoms with Gasteiger partial charge in [-0.1, -0.05) is 61.7 Å². The van der Waals surface area contributed by atoms with Crippen LogP contribution in [0.1, 0.15) is 24.1 Å². The van der Waals surface area contributed by atoms with Gasteiger partial charge in [0, 0.05) is 26.6 Å². The minimum absolute atomic E-state index is 0.276. The van der Waals surface area contributed by atoms with Crippen molar-refractivity contribution in [2.24, 2.45) is 0 Å². The first-order valence-corrected chi connectivity index (χ1v) is 7.95. The van der Waals surface area contributed by atoms with Crippen molar-refractivity contribution in [1.82, 2.24) is 5.32 Å². The van der Waals surface area contributed by atoms with Crippen molar-refractivity contribution in [3.05, 3.63) is 67.6 Å². The summed E-state index contributed by atoms with van der Waals surface area (Å²) in [5.41, 5.74) is 2.47. The van der Waals surface area contributed by atoms with E-state index in [9.17, 15) is 0 Å². The van der Waals surface area contributed by atoms with Crippen molar-refractivity contribution in [2.45, 2.75) is 19.5 Å². The largest absolute Gasteiger partial charge is 0.306 e. The molecule has 1 atom stereocenters. The number of halogens is 3. The molecule has 100 valence electrons. The Hall–Kier alpha value is -0.350. The lowest BCUT2D eigenvalue weighted by molar-refractivity contribution is 0.573. The number of nitrogens with one attached hydrogen (secondary N) is 1. The van der Waals surface area contributed by atoms with Crippen LogP contribution in [-0.2, 0) is 6.54 Å². The molecule has 2 aromatic rings. The molecule has 0 amide bonds. The Morgan fingerprint density at radius 1 is 1.11 bits per heavy atom. The Balaban J connectivity index is 2.01. The third-order valence-electron chi connectivity index (χ3n) is 2.95. The summed E-state index contributed by atoms with van der Waals surface area (Å²) in [5, 5.41) is 4.28. The molecule has 0 aliphatic carbocycles. The van der Waals surface area contributed by atoms with Crippen molar-refractivity contribution >= 4 is 43.5 Å². The molecule has 0 radical (unpaired) electrons. The smallest absolute Gasteiger partial charge is 0.0406 e. The van der Waals surface area contributed by atoms with Gasteiger partial charge in [0.25, 0.3) is 0 Å². The van der Waals surface area contributed by atoms with Crippen LogP contribution in [0.4, 0.5) is 0 Å². The number of benzene rings is 2. The Morgan fingerprint density at radius 3 is 2.42 bits per heavy atom. The zero-order chi connectivity index (χ0) is 13.8. The van der Waals surface area contributed by atoms with Crippen LogP contribution in [0.2, 0.25) is 5.02 Å². The second-order valence-electron chi connectivity index (χ2n) is 4.39. The van der Waals surface area contributed by atoms with E-state index >= 15 is 0 Å². The van der Waals surface area contributed by atoms with E-state index in [1.807, 2.05) is 24.3 Å². The molecule has 0 aromatic heterocycles. The molecule has 0 heterocycles. The van der Waals surface area contributed by atoms with Crippen LogP contribution in [0.3, 0.4) is 0 Å². The quantitative estimate of drug-likeness (QED) is 0.689. The minimum atomic E-state index is 0.276. The standard InChI is InChI=1S/C15H14Br2ClN/c1-10(14-7-4-12(16)8-15(14)17)19-9-11-2-5-13(18)6-3-11/h2-8,10,19H,9H2,1H3. The molecule has 4 heteroatoms. The van der Waals surface area contributed by atoms with Crippen LogP contribution in [0, 0.1) is 0 Å². The van der Waals surface area contributed by atoms with Crippen molar-refractivity contribution in [3.8, 4) is 0 Å². The van der Waals surface area contributed by atoms with E-state index in [1.54, 1.807) is 0 Å². The fourth-order valence-electron chi connectivity index (χ4n) is 1.84. The maximum atomic E-state index is 5.87.